The Morgan fingerprint density at radius 1 is 0.435 bits per heavy atom. The van der Waals surface area contributed by atoms with Crippen LogP contribution in [-0.4, -0.2) is 11.6 Å². The predicted octanol–water partition coefficient (Wildman–Crippen LogP) is 11.1. The molecule has 6 aromatic rings. The fourth-order valence-corrected chi connectivity index (χ4v) is 9.12. The van der Waals surface area contributed by atoms with E-state index in [0.717, 1.165) is 32.8 Å². The summed E-state index contributed by atoms with van der Waals surface area (Å²) in [6.07, 6.45) is 0. The molecule has 4 nitrogen and oxygen atoms in total. The van der Waals surface area contributed by atoms with Crippen molar-refractivity contribution < 1.29 is 9.59 Å². The molecule has 8 rings (SSSR count). The number of nitrogens with zero attached hydrogens (tertiary/aromatic N) is 2. The van der Waals surface area contributed by atoms with Gasteiger partial charge in [0, 0.05) is 10.8 Å². The van der Waals surface area contributed by atoms with Gasteiger partial charge in [-0.3, -0.25) is 9.59 Å². The third kappa shape index (κ3) is 4.17. The summed E-state index contributed by atoms with van der Waals surface area (Å²) >= 11 is 2.73. The largest absolute Gasteiger partial charge is 0.301 e. The van der Waals surface area contributed by atoms with Crippen molar-refractivity contribution >= 4 is 67.0 Å². The normalized spacial score (nSPS) is 15.4. The maximum Gasteiger partial charge on any atom is 0.244 e. The zero-order valence-corrected chi connectivity index (χ0v) is 27.7. The first-order valence-corrected chi connectivity index (χ1v) is 17.1. The van der Waals surface area contributed by atoms with Crippen molar-refractivity contribution in [1.82, 2.24) is 0 Å². The average Bonchev–Trinajstić information content (AvgIpc) is 3.76. The molecule has 0 saturated carbocycles. The average molecular weight is 637 g/mol. The molecule has 0 fully saturated rings. The van der Waals surface area contributed by atoms with Crippen LogP contribution in [0.5, 0.6) is 0 Å². The first-order chi connectivity index (χ1) is 22.2. The van der Waals surface area contributed by atoms with Gasteiger partial charge in [-0.15, -0.1) is 22.7 Å². The van der Waals surface area contributed by atoms with Crippen LogP contribution >= 0.6 is 22.7 Å². The molecule has 226 valence electrons. The number of rotatable bonds is 5. The summed E-state index contributed by atoms with van der Waals surface area (Å²) in [5.41, 5.74) is 8.91. The lowest BCUT2D eigenvalue weighted by Gasteiger charge is -2.41. The second kappa shape index (κ2) is 10.4. The maximum atomic E-state index is 13.7. The second-order valence-corrected chi connectivity index (χ2v) is 15.0. The molecule has 0 N–H and O–H groups in total. The molecular formula is C40H32N2O2S2. The molecule has 6 heteroatoms. The number of ketones is 2. The molecular weight excluding hydrogens is 605 g/mol. The summed E-state index contributed by atoms with van der Waals surface area (Å²) in [5.74, 6) is -0.965. The highest BCUT2D eigenvalue weighted by atomic mass is 32.1. The Morgan fingerprint density at radius 2 is 0.717 bits per heavy atom. The van der Waals surface area contributed by atoms with Crippen LogP contribution in [0.2, 0.25) is 0 Å². The molecule has 0 amide bonds. The first kappa shape index (κ1) is 28.7. The number of hydrogen-bond donors (Lipinski definition) is 0. The Hall–Kier alpha value is -4.78. The van der Waals surface area contributed by atoms with Crippen molar-refractivity contribution in [1.29, 1.82) is 0 Å². The van der Waals surface area contributed by atoms with Gasteiger partial charge in [-0.05, 0) is 70.8 Å². The quantitative estimate of drug-likeness (QED) is 0.139. The van der Waals surface area contributed by atoms with E-state index < -0.39 is 11.6 Å². The Balaban J connectivity index is 1.13. The smallest absolute Gasteiger partial charge is 0.244 e. The Kier molecular flexibility index (Phi) is 6.47. The van der Waals surface area contributed by atoms with Crippen LogP contribution in [0.4, 0.5) is 32.8 Å². The second-order valence-electron chi connectivity index (χ2n) is 12.9. The van der Waals surface area contributed by atoms with Gasteiger partial charge in [0.15, 0.2) is 0 Å². The number of para-hydroxylation sites is 4. The van der Waals surface area contributed by atoms with Gasteiger partial charge in [0.2, 0.25) is 11.6 Å². The van der Waals surface area contributed by atoms with Gasteiger partial charge < -0.3 is 9.80 Å². The fraction of sp³-hybridized carbons (Fsp3) is 0.150. The molecule has 0 atom stereocenters. The van der Waals surface area contributed by atoms with Gasteiger partial charge in [0.25, 0.3) is 0 Å². The third-order valence-electron chi connectivity index (χ3n) is 9.55. The maximum absolute atomic E-state index is 13.7. The zero-order valence-electron chi connectivity index (χ0n) is 26.1. The Labute approximate surface area is 277 Å². The first-order valence-electron chi connectivity index (χ1n) is 15.4. The highest BCUT2D eigenvalue weighted by Gasteiger charge is 2.39. The lowest BCUT2D eigenvalue weighted by Crippen LogP contribution is -2.30. The summed E-state index contributed by atoms with van der Waals surface area (Å²) in [6, 6.07) is 41.2. The van der Waals surface area contributed by atoms with Gasteiger partial charge in [-0.1, -0.05) is 100 Å². The van der Waals surface area contributed by atoms with Gasteiger partial charge in [0.1, 0.15) is 10.0 Å². The minimum absolute atomic E-state index is 0.169. The number of hydrogen-bond acceptors (Lipinski definition) is 6. The van der Waals surface area contributed by atoms with E-state index in [1.54, 1.807) is 12.1 Å². The standard InChI is InChI=1S/C40H32N2O2S2/c1-39(2)25-13-5-9-17-29(25)41(30-18-10-6-14-26(30)39)35-23-21-33(45-35)37(43)38(44)34-22-24-36(46-34)42-31-19-11-7-15-27(31)40(3,4)28-16-8-12-20-32(28)42/h5-24H,1-4H3. The fourth-order valence-electron chi connectivity index (χ4n) is 7.18. The van der Waals surface area contributed by atoms with Crippen LogP contribution in [-0.2, 0) is 10.8 Å². The molecule has 2 aromatic heterocycles. The van der Waals surface area contributed by atoms with E-state index >= 15 is 0 Å². The van der Waals surface area contributed by atoms with Crippen LogP contribution in [0.25, 0.3) is 0 Å². The minimum atomic E-state index is -0.482. The topological polar surface area (TPSA) is 40.6 Å². The third-order valence-corrected chi connectivity index (χ3v) is 11.7. The molecule has 0 saturated heterocycles. The summed E-state index contributed by atoms with van der Waals surface area (Å²) in [6.45, 7) is 9.01. The lowest BCUT2D eigenvalue weighted by atomic mass is 9.74. The van der Waals surface area contributed by atoms with Gasteiger partial charge >= 0.3 is 0 Å². The Morgan fingerprint density at radius 3 is 1.02 bits per heavy atom. The van der Waals surface area contributed by atoms with Crippen molar-refractivity contribution in [2.24, 2.45) is 0 Å². The number of fused-ring (bicyclic) bond motifs is 4. The summed E-state index contributed by atoms with van der Waals surface area (Å²) in [5, 5.41) is 1.81. The lowest BCUT2D eigenvalue weighted by molar-refractivity contribution is 0.0821. The van der Waals surface area contributed by atoms with Crippen LogP contribution < -0.4 is 9.80 Å². The number of carbonyl (C=O) groups is 2. The van der Waals surface area contributed by atoms with Crippen molar-refractivity contribution in [3.05, 3.63) is 153 Å². The highest BCUT2D eigenvalue weighted by molar-refractivity contribution is 7.21. The molecule has 2 aliphatic rings. The van der Waals surface area contributed by atoms with Crippen LogP contribution in [0.1, 0.15) is 69.3 Å². The minimum Gasteiger partial charge on any atom is -0.301 e. The molecule has 0 aliphatic carbocycles. The van der Waals surface area contributed by atoms with Gasteiger partial charge in [-0.2, -0.15) is 0 Å². The van der Waals surface area contributed by atoms with Crippen LogP contribution in [0.15, 0.2) is 121 Å². The number of Topliss-reactive ketones (excluding diaryl/α,β-unsaturated/α-hetero) is 2. The molecule has 4 heterocycles. The summed E-state index contributed by atoms with van der Waals surface area (Å²) in [4.78, 5) is 32.8. The molecule has 0 unspecified atom stereocenters. The highest BCUT2D eigenvalue weighted by Crippen LogP contribution is 2.54. The molecule has 2 aliphatic heterocycles. The number of carbonyl (C=O) groups excluding carboxylic acids is 2. The van der Waals surface area contributed by atoms with E-state index in [1.807, 2.05) is 36.4 Å². The van der Waals surface area contributed by atoms with E-state index in [1.165, 1.54) is 44.9 Å². The summed E-state index contributed by atoms with van der Waals surface area (Å²) in [7, 11) is 0. The number of thiophene rings is 2. The summed E-state index contributed by atoms with van der Waals surface area (Å²) < 4.78 is 0. The van der Waals surface area contributed by atoms with Gasteiger partial charge in [0.05, 0.1) is 32.5 Å². The Bertz CT molecular complexity index is 1930. The van der Waals surface area contributed by atoms with Crippen molar-refractivity contribution in [3.8, 4) is 0 Å². The van der Waals surface area contributed by atoms with E-state index in [9.17, 15) is 9.59 Å². The van der Waals surface area contributed by atoms with Crippen molar-refractivity contribution in [3.63, 3.8) is 0 Å². The SMILES string of the molecule is CC1(C)c2ccccc2N(c2ccc(C(=O)C(=O)c3ccc(N4c5ccccc5C(C)(C)c5ccccc54)s3)s2)c2ccccc21. The van der Waals surface area contributed by atoms with Crippen molar-refractivity contribution in [2.45, 2.75) is 38.5 Å². The van der Waals surface area contributed by atoms with E-state index in [2.05, 4.69) is 110 Å². The van der Waals surface area contributed by atoms with Crippen LogP contribution in [0.3, 0.4) is 0 Å². The molecule has 4 aromatic carbocycles. The van der Waals surface area contributed by atoms with E-state index in [-0.39, 0.29) is 10.8 Å². The number of anilines is 6. The van der Waals surface area contributed by atoms with Crippen LogP contribution in [0, 0.1) is 0 Å². The predicted molar refractivity (Wildman–Crippen MR) is 191 cm³/mol. The molecule has 0 bridgehead atoms. The molecule has 0 spiro atoms. The molecule has 46 heavy (non-hydrogen) atoms. The van der Waals surface area contributed by atoms with Gasteiger partial charge in [-0.25, -0.2) is 0 Å². The van der Waals surface area contributed by atoms with E-state index in [4.69, 9.17) is 0 Å². The monoisotopic (exact) mass is 636 g/mol. The van der Waals surface area contributed by atoms with E-state index in [0.29, 0.717) is 9.75 Å². The zero-order chi connectivity index (χ0) is 31.8. The van der Waals surface area contributed by atoms with Crippen molar-refractivity contribution in [2.75, 3.05) is 9.80 Å². The molecule has 0 radical (unpaired) electrons. The number of benzene rings is 4.